The summed E-state index contributed by atoms with van der Waals surface area (Å²) in [7, 11) is 0. The summed E-state index contributed by atoms with van der Waals surface area (Å²) < 4.78 is 25.3. The van der Waals surface area contributed by atoms with Gasteiger partial charge in [0.05, 0.1) is 0 Å². The maximum Gasteiger partial charge on any atom is 0.126 e. The first-order valence-corrected chi connectivity index (χ1v) is 3.85. The predicted octanol–water partition coefficient (Wildman–Crippen LogP) is 2.80. The van der Waals surface area contributed by atoms with Gasteiger partial charge in [0.1, 0.15) is 11.6 Å². The van der Waals surface area contributed by atoms with Crippen LogP contribution in [0.15, 0.2) is 18.2 Å². The average molecular weight is 208 g/mol. The molecule has 0 fully saturated rings. The monoisotopic (exact) mass is 207 g/mol. The first-order chi connectivity index (χ1) is 5.63. The molecule has 0 aliphatic carbocycles. The van der Waals surface area contributed by atoms with E-state index in [4.69, 9.17) is 5.73 Å². The number of rotatable bonds is 2. The zero-order valence-corrected chi connectivity index (χ0v) is 8.07. The molecule has 1 atom stereocenters. The Morgan fingerprint density at radius 1 is 1.23 bits per heavy atom. The largest absolute Gasteiger partial charge is 0.324 e. The van der Waals surface area contributed by atoms with Gasteiger partial charge in [-0.1, -0.05) is 6.92 Å². The summed E-state index contributed by atoms with van der Waals surface area (Å²) in [4.78, 5) is 0. The van der Waals surface area contributed by atoms with Crippen LogP contribution in [-0.4, -0.2) is 0 Å². The van der Waals surface area contributed by atoms with E-state index in [1.807, 2.05) is 6.92 Å². The molecule has 0 aromatic heterocycles. The van der Waals surface area contributed by atoms with Gasteiger partial charge in [-0.15, -0.1) is 12.4 Å². The molecule has 4 heteroatoms. The second-order valence-corrected chi connectivity index (χ2v) is 2.72. The summed E-state index contributed by atoms with van der Waals surface area (Å²) in [6.07, 6.45) is 0.670. The Morgan fingerprint density at radius 3 is 2.08 bits per heavy atom. The van der Waals surface area contributed by atoms with Crippen LogP contribution in [0.4, 0.5) is 8.78 Å². The van der Waals surface area contributed by atoms with E-state index >= 15 is 0 Å². The molecule has 1 unspecified atom stereocenters. The van der Waals surface area contributed by atoms with Crippen molar-refractivity contribution in [3.63, 3.8) is 0 Å². The van der Waals surface area contributed by atoms with Gasteiger partial charge in [0.2, 0.25) is 0 Å². The molecule has 0 aliphatic heterocycles. The van der Waals surface area contributed by atoms with Crippen LogP contribution in [0.1, 0.15) is 24.9 Å². The molecule has 1 aromatic rings. The molecule has 0 spiro atoms. The van der Waals surface area contributed by atoms with Crippen molar-refractivity contribution >= 4 is 12.4 Å². The van der Waals surface area contributed by atoms with Gasteiger partial charge in [-0.25, -0.2) is 8.78 Å². The lowest BCUT2D eigenvalue weighted by Crippen LogP contribution is -2.09. The zero-order valence-electron chi connectivity index (χ0n) is 7.26. The van der Waals surface area contributed by atoms with Crippen LogP contribution in [0, 0.1) is 11.6 Å². The fourth-order valence-electron chi connectivity index (χ4n) is 1.02. The van der Waals surface area contributed by atoms with E-state index in [9.17, 15) is 8.78 Å². The highest BCUT2D eigenvalue weighted by atomic mass is 35.5. The summed E-state index contributed by atoms with van der Waals surface area (Å²) in [5, 5.41) is 0. The SMILES string of the molecule is CCC(N)c1cc(F)cc(F)c1.Cl. The third kappa shape index (κ3) is 3.28. The topological polar surface area (TPSA) is 26.0 Å². The highest BCUT2D eigenvalue weighted by Crippen LogP contribution is 2.16. The molecule has 0 saturated heterocycles. The Bertz CT molecular complexity index is 258. The molecule has 1 nitrogen and oxygen atoms in total. The Balaban J connectivity index is 0.00000144. The van der Waals surface area contributed by atoms with Crippen molar-refractivity contribution in [2.45, 2.75) is 19.4 Å². The van der Waals surface area contributed by atoms with E-state index in [0.29, 0.717) is 12.0 Å². The van der Waals surface area contributed by atoms with Gasteiger partial charge in [0.15, 0.2) is 0 Å². The molecule has 13 heavy (non-hydrogen) atoms. The molecule has 0 aliphatic rings. The van der Waals surface area contributed by atoms with Crippen molar-refractivity contribution in [3.05, 3.63) is 35.4 Å². The maximum absolute atomic E-state index is 12.6. The second-order valence-electron chi connectivity index (χ2n) is 2.72. The minimum absolute atomic E-state index is 0. The first kappa shape index (κ1) is 12.3. The number of halogens is 3. The minimum atomic E-state index is -0.575. The molecule has 1 aromatic carbocycles. The first-order valence-electron chi connectivity index (χ1n) is 3.85. The summed E-state index contributed by atoms with van der Waals surface area (Å²) >= 11 is 0. The Hall–Kier alpha value is -0.670. The molecule has 1 rings (SSSR count). The molecule has 0 heterocycles. The van der Waals surface area contributed by atoms with Crippen molar-refractivity contribution in [3.8, 4) is 0 Å². The van der Waals surface area contributed by atoms with Gasteiger partial charge in [0.25, 0.3) is 0 Å². The quantitative estimate of drug-likeness (QED) is 0.793. The average Bonchev–Trinajstić information content (AvgIpc) is 2.01. The van der Waals surface area contributed by atoms with Crippen molar-refractivity contribution in [2.75, 3.05) is 0 Å². The van der Waals surface area contributed by atoms with Crippen LogP contribution in [0.2, 0.25) is 0 Å². The van der Waals surface area contributed by atoms with Crippen molar-refractivity contribution in [1.29, 1.82) is 0 Å². The summed E-state index contributed by atoms with van der Waals surface area (Å²) in [5.41, 5.74) is 6.11. The predicted molar refractivity (Wildman–Crippen MR) is 50.8 cm³/mol. The molecule has 2 N–H and O–H groups in total. The number of hydrogen-bond donors (Lipinski definition) is 1. The van der Waals surface area contributed by atoms with Gasteiger partial charge in [-0.05, 0) is 24.1 Å². The lowest BCUT2D eigenvalue weighted by atomic mass is 10.1. The Kier molecular flexibility index (Phi) is 4.88. The Morgan fingerprint density at radius 2 is 1.69 bits per heavy atom. The van der Waals surface area contributed by atoms with Crippen molar-refractivity contribution in [1.82, 2.24) is 0 Å². The van der Waals surface area contributed by atoms with Crippen LogP contribution in [0.3, 0.4) is 0 Å². The second kappa shape index (κ2) is 5.14. The molecular weight excluding hydrogens is 196 g/mol. The van der Waals surface area contributed by atoms with Crippen LogP contribution in [0.25, 0.3) is 0 Å². The molecule has 0 amide bonds. The highest BCUT2D eigenvalue weighted by Gasteiger charge is 2.06. The molecule has 0 radical (unpaired) electrons. The van der Waals surface area contributed by atoms with Crippen LogP contribution in [0.5, 0.6) is 0 Å². The summed E-state index contributed by atoms with van der Waals surface area (Å²) in [5.74, 6) is -1.15. The van der Waals surface area contributed by atoms with E-state index in [0.717, 1.165) is 6.07 Å². The van der Waals surface area contributed by atoms with Crippen LogP contribution in [-0.2, 0) is 0 Å². The van der Waals surface area contributed by atoms with Gasteiger partial charge in [-0.3, -0.25) is 0 Å². The fourth-order valence-corrected chi connectivity index (χ4v) is 1.02. The fraction of sp³-hybridized carbons (Fsp3) is 0.333. The third-order valence-electron chi connectivity index (χ3n) is 1.75. The van der Waals surface area contributed by atoms with Gasteiger partial charge < -0.3 is 5.73 Å². The molecule has 0 bridgehead atoms. The van der Waals surface area contributed by atoms with E-state index in [2.05, 4.69) is 0 Å². The highest BCUT2D eigenvalue weighted by molar-refractivity contribution is 5.85. The zero-order chi connectivity index (χ0) is 9.14. The molecular formula is C9H12ClF2N. The molecule has 0 saturated carbocycles. The smallest absolute Gasteiger partial charge is 0.126 e. The molecule has 74 valence electrons. The summed E-state index contributed by atoms with van der Waals surface area (Å²) in [6, 6.07) is 3.08. The number of benzene rings is 1. The van der Waals surface area contributed by atoms with Crippen LogP contribution < -0.4 is 5.73 Å². The van der Waals surface area contributed by atoms with Crippen LogP contribution >= 0.6 is 12.4 Å². The van der Waals surface area contributed by atoms with E-state index in [-0.39, 0.29) is 18.4 Å². The van der Waals surface area contributed by atoms with Crippen molar-refractivity contribution in [2.24, 2.45) is 5.73 Å². The van der Waals surface area contributed by atoms with E-state index < -0.39 is 11.6 Å². The summed E-state index contributed by atoms with van der Waals surface area (Å²) in [6.45, 7) is 1.87. The lowest BCUT2D eigenvalue weighted by Gasteiger charge is -2.08. The van der Waals surface area contributed by atoms with E-state index in [1.54, 1.807) is 0 Å². The standard InChI is InChI=1S/C9H11F2N.ClH/c1-2-9(12)6-3-7(10)5-8(11)4-6;/h3-5,9H,2,12H2,1H3;1H. The third-order valence-corrected chi connectivity index (χ3v) is 1.75. The van der Waals surface area contributed by atoms with Gasteiger partial charge >= 0.3 is 0 Å². The van der Waals surface area contributed by atoms with Gasteiger partial charge in [0, 0.05) is 12.1 Å². The lowest BCUT2D eigenvalue weighted by molar-refractivity contribution is 0.571. The Labute approximate surface area is 82.4 Å². The number of nitrogens with two attached hydrogens (primary N) is 1. The normalized spacial score (nSPS) is 12.0. The number of hydrogen-bond acceptors (Lipinski definition) is 1. The maximum atomic E-state index is 12.6. The van der Waals surface area contributed by atoms with Crippen molar-refractivity contribution < 1.29 is 8.78 Å². The van der Waals surface area contributed by atoms with Gasteiger partial charge in [-0.2, -0.15) is 0 Å². The van der Waals surface area contributed by atoms with E-state index in [1.165, 1.54) is 12.1 Å². The minimum Gasteiger partial charge on any atom is -0.324 e.